The first-order valence-electron chi connectivity index (χ1n) is 9.03. The summed E-state index contributed by atoms with van der Waals surface area (Å²) in [5, 5.41) is 0. The molecule has 0 spiro atoms. The summed E-state index contributed by atoms with van der Waals surface area (Å²) in [5.41, 5.74) is 4.33. The Kier molecular flexibility index (Phi) is 5.14. The smallest absolute Gasteiger partial charge is 0.254 e. The number of nitrogens with zero attached hydrogens (tertiary/aromatic N) is 2. The monoisotopic (exact) mass is 386 g/mol. The van der Waals surface area contributed by atoms with Crippen molar-refractivity contribution >= 4 is 15.9 Å². The molecule has 0 N–H and O–H groups in total. The molecule has 3 rings (SSSR count). The van der Waals surface area contributed by atoms with Crippen LogP contribution in [0.1, 0.15) is 45.1 Å². The number of rotatable bonds is 4. The van der Waals surface area contributed by atoms with E-state index in [1.807, 2.05) is 19.1 Å². The molecule has 1 atom stereocenters. The van der Waals surface area contributed by atoms with E-state index in [-0.39, 0.29) is 16.8 Å². The van der Waals surface area contributed by atoms with E-state index in [4.69, 9.17) is 0 Å². The third kappa shape index (κ3) is 3.39. The molecular weight excluding hydrogens is 360 g/mol. The van der Waals surface area contributed by atoms with E-state index in [0.29, 0.717) is 11.1 Å². The maximum absolute atomic E-state index is 13.2. The first-order valence-corrected chi connectivity index (χ1v) is 10.5. The molecule has 0 heterocycles. The molecule has 27 heavy (non-hydrogen) atoms. The van der Waals surface area contributed by atoms with Gasteiger partial charge in [-0.15, -0.1) is 0 Å². The Hall–Kier alpha value is -2.18. The fraction of sp³-hybridized carbons (Fsp3) is 0.381. The van der Waals surface area contributed by atoms with E-state index in [0.717, 1.165) is 18.4 Å². The van der Waals surface area contributed by atoms with Gasteiger partial charge in [0.2, 0.25) is 10.0 Å². The highest BCUT2D eigenvalue weighted by atomic mass is 32.2. The number of amides is 1. The average molecular weight is 387 g/mol. The zero-order valence-corrected chi connectivity index (χ0v) is 17.3. The van der Waals surface area contributed by atoms with Crippen molar-refractivity contribution in [2.24, 2.45) is 0 Å². The summed E-state index contributed by atoms with van der Waals surface area (Å²) < 4.78 is 26.5. The van der Waals surface area contributed by atoms with Crippen molar-refractivity contribution in [3.8, 4) is 0 Å². The van der Waals surface area contributed by atoms with Crippen LogP contribution in [0.3, 0.4) is 0 Å². The molecule has 0 fully saturated rings. The molecule has 0 radical (unpaired) electrons. The van der Waals surface area contributed by atoms with Gasteiger partial charge >= 0.3 is 0 Å². The van der Waals surface area contributed by atoms with Crippen LogP contribution < -0.4 is 0 Å². The Morgan fingerprint density at radius 2 is 1.74 bits per heavy atom. The SMILES string of the molecule is Cc1cc(C(=O)N(C)C2CCc3ccccc32)cc(S(=O)(=O)N(C)C)c1C. The van der Waals surface area contributed by atoms with E-state index in [9.17, 15) is 13.2 Å². The molecule has 0 saturated heterocycles. The van der Waals surface area contributed by atoms with Crippen LogP contribution in [0, 0.1) is 13.8 Å². The van der Waals surface area contributed by atoms with Gasteiger partial charge in [-0.1, -0.05) is 24.3 Å². The second kappa shape index (κ2) is 7.09. The molecule has 0 saturated carbocycles. The average Bonchev–Trinajstić information content (AvgIpc) is 3.06. The van der Waals surface area contributed by atoms with Gasteiger partial charge in [0.1, 0.15) is 0 Å². The lowest BCUT2D eigenvalue weighted by molar-refractivity contribution is 0.0730. The maximum atomic E-state index is 13.2. The van der Waals surface area contributed by atoms with Crippen LogP contribution in [0.25, 0.3) is 0 Å². The van der Waals surface area contributed by atoms with Gasteiger partial charge in [-0.25, -0.2) is 12.7 Å². The minimum atomic E-state index is -3.62. The Bertz CT molecular complexity index is 996. The lowest BCUT2D eigenvalue weighted by atomic mass is 10.0. The molecular formula is C21H26N2O3S. The van der Waals surface area contributed by atoms with Crippen molar-refractivity contribution in [2.75, 3.05) is 21.1 Å². The van der Waals surface area contributed by atoms with E-state index in [1.54, 1.807) is 24.9 Å². The number of carbonyl (C=O) groups excluding carboxylic acids is 1. The maximum Gasteiger partial charge on any atom is 0.254 e. The van der Waals surface area contributed by atoms with Crippen LogP contribution in [0.4, 0.5) is 0 Å². The number of hydrogen-bond acceptors (Lipinski definition) is 3. The summed E-state index contributed by atoms with van der Waals surface area (Å²) in [6.45, 7) is 3.61. The van der Waals surface area contributed by atoms with Crippen LogP contribution in [-0.4, -0.2) is 44.7 Å². The molecule has 144 valence electrons. The molecule has 0 aliphatic heterocycles. The zero-order chi connectivity index (χ0) is 19.9. The number of hydrogen-bond donors (Lipinski definition) is 0. The van der Waals surface area contributed by atoms with Crippen LogP contribution in [-0.2, 0) is 16.4 Å². The molecule has 2 aromatic carbocycles. The molecule has 1 unspecified atom stereocenters. The van der Waals surface area contributed by atoms with Crippen molar-refractivity contribution in [1.82, 2.24) is 9.21 Å². The van der Waals surface area contributed by atoms with Crippen LogP contribution in [0.5, 0.6) is 0 Å². The van der Waals surface area contributed by atoms with Gasteiger partial charge in [-0.2, -0.15) is 0 Å². The zero-order valence-electron chi connectivity index (χ0n) is 16.5. The Labute approximate surface area is 161 Å². The van der Waals surface area contributed by atoms with Crippen LogP contribution >= 0.6 is 0 Å². The third-order valence-corrected chi connectivity index (χ3v) is 7.46. The third-order valence-electron chi connectivity index (χ3n) is 5.51. The van der Waals surface area contributed by atoms with Crippen molar-refractivity contribution in [2.45, 2.75) is 37.6 Å². The Balaban J connectivity index is 2.00. The topological polar surface area (TPSA) is 57.7 Å². The second-order valence-corrected chi connectivity index (χ2v) is 9.49. The summed E-state index contributed by atoms with van der Waals surface area (Å²) in [5.74, 6) is -0.157. The molecule has 6 heteroatoms. The number of benzene rings is 2. The Morgan fingerprint density at radius 1 is 1.07 bits per heavy atom. The van der Waals surface area contributed by atoms with Crippen molar-refractivity contribution < 1.29 is 13.2 Å². The first kappa shape index (κ1) is 19.6. The van der Waals surface area contributed by atoms with Crippen molar-refractivity contribution in [3.05, 3.63) is 64.2 Å². The van der Waals surface area contributed by atoms with Crippen LogP contribution in [0.15, 0.2) is 41.3 Å². The number of fused-ring (bicyclic) bond motifs is 1. The summed E-state index contributed by atoms with van der Waals surface area (Å²) in [7, 11) is 1.18. The minimum absolute atomic E-state index is 0.0178. The van der Waals surface area contributed by atoms with Gasteiger partial charge in [-0.05, 0) is 61.1 Å². The normalized spacial score (nSPS) is 16.4. The van der Waals surface area contributed by atoms with Gasteiger partial charge in [0.15, 0.2) is 0 Å². The van der Waals surface area contributed by atoms with Gasteiger partial charge in [0.25, 0.3) is 5.91 Å². The second-order valence-electron chi connectivity index (χ2n) is 7.37. The highest BCUT2D eigenvalue weighted by Crippen LogP contribution is 2.36. The van der Waals surface area contributed by atoms with Crippen molar-refractivity contribution in [3.63, 3.8) is 0 Å². The number of aryl methyl sites for hydroxylation is 2. The van der Waals surface area contributed by atoms with Crippen LogP contribution in [0.2, 0.25) is 0 Å². The lowest BCUT2D eigenvalue weighted by Crippen LogP contribution is -2.31. The highest BCUT2D eigenvalue weighted by molar-refractivity contribution is 7.89. The molecule has 0 aromatic heterocycles. The van der Waals surface area contributed by atoms with E-state index >= 15 is 0 Å². The predicted octanol–water partition coefficient (Wildman–Crippen LogP) is 3.31. The van der Waals surface area contributed by atoms with E-state index in [1.165, 1.54) is 35.6 Å². The standard InChI is InChI=1S/C21H26N2O3S/c1-14-12-17(13-20(15(14)2)27(25,26)22(3)4)21(24)23(5)19-11-10-16-8-6-7-9-18(16)19/h6-9,12-13,19H,10-11H2,1-5H3. The van der Waals surface area contributed by atoms with Gasteiger partial charge < -0.3 is 4.90 Å². The molecule has 0 bridgehead atoms. The fourth-order valence-electron chi connectivity index (χ4n) is 3.70. The molecule has 1 amide bonds. The fourth-order valence-corrected chi connectivity index (χ4v) is 4.91. The Morgan fingerprint density at radius 3 is 2.41 bits per heavy atom. The van der Waals surface area contributed by atoms with Gasteiger partial charge in [0.05, 0.1) is 10.9 Å². The van der Waals surface area contributed by atoms with Gasteiger partial charge in [-0.3, -0.25) is 4.79 Å². The largest absolute Gasteiger partial charge is 0.335 e. The summed E-state index contributed by atoms with van der Waals surface area (Å²) in [6, 6.07) is 11.5. The summed E-state index contributed by atoms with van der Waals surface area (Å²) in [4.78, 5) is 15.1. The molecule has 1 aliphatic carbocycles. The lowest BCUT2D eigenvalue weighted by Gasteiger charge is -2.26. The summed E-state index contributed by atoms with van der Waals surface area (Å²) >= 11 is 0. The van der Waals surface area contributed by atoms with Crippen molar-refractivity contribution in [1.29, 1.82) is 0 Å². The molecule has 5 nitrogen and oxygen atoms in total. The highest BCUT2D eigenvalue weighted by Gasteiger charge is 2.30. The minimum Gasteiger partial charge on any atom is -0.335 e. The molecule has 2 aromatic rings. The predicted molar refractivity (Wildman–Crippen MR) is 106 cm³/mol. The summed E-state index contributed by atoms with van der Waals surface area (Å²) in [6.07, 6.45) is 1.83. The number of carbonyl (C=O) groups is 1. The molecule has 1 aliphatic rings. The number of sulfonamides is 1. The van der Waals surface area contributed by atoms with E-state index in [2.05, 4.69) is 12.1 Å². The van der Waals surface area contributed by atoms with E-state index < -0.39 is 10.0 Å². The van der Waals surface area contributed by atoms with Gasteiger partial charge in [0, 0.05) is 26.7 Å². The quantitative estimate of drug-likeness (QED) is 0.810. The first-order chi connectivity index (χ1) is 12.6.